The van der Waals surface area contributed by atoms with Crippen LogP contribution < -0.4 is 0 Å². The van der Waals surface area contributed by atoms with Gasteiger partial charge in [0.05, 0.1) is 34.4 Å². The molecular formula is C48H101NO6P+. The summed E-state index contributed by atoms with van der Waals surface area (Å²) in [6.07, 6.45) is 25.6. The monoisotopic (exact) mass is 819 g/mol. The van der Waals surface area contributed by atoms with Gasteiger partial charge in [-0.1, -0.05) is 185 Å². The van der Waals surface area contributed by atoms with Crippen molar-refractivity contribution in [3.8, 4) is 0 Å². The van der Waals surface area contributed by atoms with Gasteiger partial charge in [-0.3, -0.25) is 9.05 Å². The van der Waals surface area contributed by atoms with E-state index in [2.05, 4.69) is 69.2 Å². The lowest BCUT2D eigenvalue weighted by Gasteiger charge is -2.24. The third-order valence-electron chi connectivity index (χ3n) is 12.0. The minimum atomic E-state index is -4.17. The van der Waals surface area contributed by atoms with E-state index in [4.69, 9.17) is 18.5 Å². The van der Waals surface area contributed by atoms with Gasteiger partial charge in [-0.15, -0.1) is 0 Å². The average molecular weight is 819 g/mol. The minimum Gasteiger partial charge on any atom is -0.379 e. The van der Waals surface area contributed by atoms with E-state index in [-0.39, 0.29) is 13.2 Å². The molecule has 0 aliphatic rings. The Hall–Kier alpha value is -0.0100. The molecule has 0 heterocycles. The van der Waals surface area contributed by atoms with E-state index in [9.17, 15) is 9.46 Å². The van der Waals surface area contributed by atoms with Crippen molar-refractivity contribution in [2.45, 2.75) is 204 Å². The van der Waals surface area contributed by atoms with Gasteiger partial charge in [-0.05, 0) is 60.2 Å². The van der Waals surface area contributed by atoms with Gasteiger partial charge < -0.3 is 18.9 Å². The van der Waals surface area contributed by atoms with Gasteiger partial charge in [0.15, 0.2) is 0 Å². The smallest absolute Gasteiger partial charge is 0.379 e. The molecule has 1 N–H and O–H groups in total. The van der Waals surface area contributed by atoms with Crippen LogP contribution in [0.1, 0.15) is 198 Å². The molecule has 56 heavy (non-hydrogen) atoms. The van der Waals surface area contributed by atoms with Crippen LogP contribution in [-0.4, -0.2) is 76.2 Å². The largest absolute Gasteiger partial charge is 0.472 e. The number of quaternary nitrogens is 1. The Kier molecular flexibility index (Phi) is 33.7. The molecule has 0 radical (unpaired) electrons. The highest BCUT2D eigenvalue weighted by Gasteiger charge is 2.25. The summed E-state index contributed by atoms with van der Waals surface area (Å²) >= 11 is 0. The first-order chi connectivity index (χ1) is 26.3. The van der Waals surface area contributed by atoms with E-state index >= 15 is 0 Å². The van der Waals surface area contributed by atoms with Crippen molar-refractivity contribution in [2.24, 2.45) is 47.3 Å². The van der Waals surface area contributed by atoms with E-state index in [0.717, 1.165) is 48.3 Å². The van der Waals surface area contributed by atoms with Crippen LogP contribution in [0.5, 0.6) is 0 Å². The minimum absolute atomic E-state index is 0.0233. The van der Waals surface area contributed by atoms with Crippen molar-refractivity contribution in [1.82, 2.24) is 0 Å². The summed E-state index contributed by atoms with van der Waals surface area (Å²) < 4.78 is 36.3. The van der Waals surface area contributed by atoms with Crippen molar-refractivity contribution in [1.29, 1.82) is 0 Å². The molecular weight excluding hydrogens is 718 g/mol. The fraction of sp³-hybridized carbons (Fsp3) is 1.00. The number of hydrogen-bond acceptors (Lipinski definition) is 5. The first kappa shape index (κ1) is 56.0. The van der Waals surface area contributed by atoms with Crippen LogP contribution in [0.2, 0.25) is 0 Å². The molecule has 0 aromatic heterocycles. The van der Waals surface area contributed by atoms with Gasteiger partial charge in [-0.2, -0.15) is 0 Å². The number of ether oxygens (including phenoxy) is 2. The lowest BCUT2D eigenvalue weighted by Crippen LogP contribution is -2.37. The van der Waals surface area contributed by atoms with E-state index in [1.54, 1.807) is 0 Å². The Morgan fingerprint density at radius 2 is 0.786 bits per heavy atom. The quantitative estimate of drug-likeness (QED) is 0.0377. The maximum Gasteiger partial charge on any atom is 0.472 e. The Bertz CT molecular complexity index is 926. The third kappa shape index (κ3) is 38.2. The number of likely N-dealkylation sites (N-methyl/N-ethyl adjacent to an activating group) is 1. The SMILES string of the molecule is CC(C)CCC[C@@H](C)CCC[C@@H](C)CCC[C@H](C)CCOC[C@H](COP(=O)(O)OCC[N+](C)(C)C)OCC[C@@H](C)CCC[C@H](C)CCC[C@H](C)CCCC(C)C. The highest BCUT2D eigenvalue weighted by molar-refractivity contribution is 7.47. The highest BCUT2D eigenvalue weighted by Crippen LogP contribution is 2.43. The van der Waals surface area contributed by atoms with Crippen LogP contribution in [0.25, 0.3) is 0 Å². The Morgan fingerprint density at radius 3 is 1.14 bits per heavy atom. The van der Waals surface area contributed by atoms with Gasteiger partial charge >= 0.3 is 7.82 Å². The fourth-order valence-electron chi connectivity index (χ4n) is 7.60. The summed E-state index contributed by atoms with van der Waals surface area (Å²) in [4.78, 5) is 10.3. The molecule has 0 aromatic carbocycles. The number of phosphoric ester groups is 1. The summed E-state index contributed by atoms with van der Waals surface area (Å²) in [6, 6.07) is 0. The molecule has 0 aromatic rings. The lowest BCUT2D eigenvalue weighted by atomic mass is 9.91. The second-order valence-corrected chi connectivity index (χ2v) is 22.2. The number of nitrogens with zero attached hydrogens (tertiary/aromatic N) is 1. The Morgan fingerprint density at radius 1 is 0.446 bits per heavy atom. The zero-order valence-electron chi connectivity index (χ0n) is 40.0. The second kappa shape index (κ2) is 33.7. The normalized spacial score (nSPS) is 17.5. The number of hydrogen-bond donors (Lipinski definition) is 1. The summed E-state index contributed by atoms with van der Waals surface area (Å²) in [6.45, 7) is 26.0. The van der Waals surface area contributed by atoms with Crippen molar-refractivity contribution in [2.75, 3.05) is 60.7 Å². The third-order valence-corrected chi connectivity index (χ3v) is 13.0. The summed E-state index contributed by atoms with van der Waals surface area (Å²) in [5, 5.41) is 0. The zero-order valence-corrected chi connectivity index (χ0v) is 40.9. The van der Waals surface area contributed by atoms with Crippen LogP contribution in [0.4, 0.5) is 0 Å². The van der Waals surface area contributed by atoms with Crippen molar-refractivity contribution in [3.05, 3.63) is 0 Å². The van der Waals surface area contributed by atoms with Crippen LogP contribution >= 0.6 is 7.82 Å². The van der Waals surface area contributed by atoms with Crippen LogP contribution in [0.3, 0.4) is 0 Å². The van der Waals surface area contributed by atoms with Gasteiger partial charge in [0, 0.05) is 13.2 Å². The molecule has 0 bridgehead atoms. The Labute approximate surface area is 351 Å². The average Bonchev–Trinajstić information content (AvgIpc) is 3.07. The van der Waals surface area contributed by atoms with E-state index in [1.807, 2.05) is 21.1 Å². The molecule has 1 unspecified atom stereocenters. The standard InChI is InChI=1S/C48H100NO6P/c1-40(2)20-14-22-42(5)24-16-26-44(7)28-18-30-46(9)32-35-52-38-48(39-55-56(50,51)54-37-34-49(11,12)13)53-36-33-47(10)31-19-29-45(8)27-17-25-43(6)23-15-21-41(3)4/h40-48H,14-39H2,1-13H3/p+1/t42-,43-,44-,45-,46+,47+,48-/m1/s1. The zero-order chi connectivity index (χ0) is 42.4. The molecule has 8 atom stereocenters. The molecule has 0 rings (SSSR count). The Balaban J connectivity index is 4.55. The number of phosphoric acid groups is 1. The second-order valence-electron chi connectivity index (χ2n) is 20.8. The molecule has 0 saturated heterocycles. The van der Waals surface area contributed by atoms with Crippen molar-refractivity contribution >= 4 is 7.82 Å². The maximum absolute atomic E-state index is 12.6. The first-order valence-electron chi connectivity index (χ1n) is 23.9. The predicted molar refractivity (Wildman–Crippen MR) is 242 cm³/mol. The first-order valence-corrected chi connectivity index (χ1v) is 25.4. The molecule has 7 nitrogen and oxygen atoms in total. The van der Waals surface area contributed by atoms with E-state index in [0.29, 0.717) is 42.7 Å². The molecule has 8 heteroatoms. The summed E-state index contributed by atoms with van der Waals surface area (Å²) in [5.74, 6) is 6.15. The molecule has 0 saturated carbocycles. The molecule has 338 valence electrons. The van der Waals surface area contributed by atoms with Crippen LogP contribution in [0, 0.1) is 47.3 Å². The van der Waals surface area contributed by atoms with E-state index in [1.165, 1.54) is 116 Å². The van der Waals surface area contributed by atoms with Gasteiger partial charge in [0.2, 0.25) is 0 Å². The maximum atomic E-state index is 12.6. The van der Waals surface area contributed by atoms with Gasteiger partial charge in [-0.25, -0.2) is 4.57 Å². The molecule has 0 spiro atoms. The van der Waals surface area contributed by atoms with Gasteiger partial charge in [0.25, 0.3) is 0 Å². The predicted octanol–water partition coefficient (Wildman–Crippen LogP) is 14.2. The van der Waals surface area contributed by atoms with Crippen LogP contribution in [0.15, 0.2) is 0 Å². The van der Waals surface area contributed by atoms with E-state index < -0.39 is 13.9 Å². The fourth-order valence-corrected chi connectivity index (χ4v) is 8.34. The topological polar surface area (TPSA) is 74.2 Å². The van der Waals surface area contributed by atoms with Crippen molar-refractivity contribution < 1.29 is 32.5 Å². The lowest BCUT2D eigenvalue weighted by molar-refractivity contribution is -0.870. The molecule has 0 aliphatic heterocycles. The van der Waals surface area contributed by atoms with Crippen LogP contribution in [-0.2, 0) is 23.1 Å². The summed E-state index contributed by atoms with van der Waals surface area (Å²) in [7, 11) is 1.89. The molecule has 0 fully saturated rings. The molecule has 0 amide bonds. The number of rotatable bonds is 40. The molecule has 0 aliphatic carbocycles. The van der Waals surface area contributed by atoms with Crippen molar-refractivity contribution in [3.63, 3.8) is 0 Å². The van der Waals surface area contributed by atoms with Gasteiger partial charge in [0.1, 0.15) is 19.3 Å². The summed E-state index contributed by atoms with van der Waals surface area (Å²) in [5.41, 5.74) is 0. The highest BCUT2D eigenvalue weighted by atomic mass is 31.2.